The van der Waals surface area contributed by atoms with Crippen molar-refractivity contribution in [2.75, 3.05) is 10.7 Å². The molecule has 7 heteroatoms. The zero-order valence-electron chi connectivity index (χ0n) is 12.0. The minimum absolute atomic E-state index is 0.127. The number of anilines is 3. The first-order valence-electron chi connectivity index (χ1n) is 6.50. The van der Waals surface area contributed by atoms with Crippen LogP contribution in [0.5, 0.6) is 0 Å². The number of nitrogens with two attached hydrogens (primary N) is 1. The number of hydrazine groups is 1. The van der Waals surface area contributed by atoms with E-state index in [1.54, 1.807) is 12.1 Å². The normalized spacial score (nSPS) is 10.8. The number of halogens is 2. The summed E-state index contributed by atoms with van der Waals surface area (Å²) >= 11 is 3.33. The molecule has 1 aromatic heterocycles. The van der Waals surface area contributed by atoms with Crippen molar-refractivity contribution in [3.8, 4) is 0 Å². The highest BCUT2D eigenvalue weighted by atomic mass is 79.9. The molecule has 0 aliphatic heterocycles. The van der Waals surface area contributed by atoms with Gasteiger partial charge in [0.05, 0.1) is 5.69 Å². The fraction of sp³-hybridized carbons (Fsp3) is 0.286. The van der Waals surface area contributed by atoms with Crippen LogP contribution in [0, 0.1) is 12.7 Å². The van der Waals surface area contributed by atoms with Gasteiger partial charge in [0.15, 0.2) is 0 Å². The second-order valence-corrected chi connectivity index (χ2v) is 5.78. The molecule has 0 radical (unpaired) electrons. The van der Waals surface area contributed by atoms with Gasteiger partial charge in [-0.15, -0.1) is 0 Å². The minimum Gasteiger partial charge on any atom is -0.337 e. The number of benzene rings is 1. The van der Waals surface area contributed by atoms with Gasteiger partial charge >= 0.3 is 0 Å². The van der Waals surface area contributed by atoms with Crippen LogP contribution in [-0.4, -0.2) is 9.97 Å². The van der Waals surface area contributed by atoms with E-state index >= 15 is 0 Å². The molecule has 0 saturated carbocycles. The first kappa shape index (κ1) is 15.7. The van der Waals surface area contributed by atoms with Crippen LogP contribution in [-0.2, 0) is 0 Å². The summed E-state index contributed by atoms with van der Waals surface area (Å²) in [4.78, 5) is 8.80. The lowest BCUT2D eigenvalue weighted by atomic mass is 10.2. The van der Waals surface area contributed by atoms with Gasteiger partial charge in [-0.1, -0.05) is 19.9 Å². The van der Waals surface area contributed by atoms with E-state index in [4.69, 9.17) is 5.84 Å². The first-order chi connectivity index (χ1) is 9.93. The third kappa shape index (κ3) is 3.30. The van der Waals surface area contributed by atoms with Gasteiger partial charge in [0.25, 0.3) is 0 Å². The Hall–Kier alpha value is -1.73. The van der Waals surface area contributed by atoms with Crippen molar-refractivity contribution in [1.82, 2.24) is 9.97 Å². The van der Waals surface area contributed by atoms with Crippen molar-refractivity contribution in [2.45, 2.75) is 26.7 Å². The maximum Gasteiger partial charge on any atom is 0.148 e. The van der Waals surface area contributed by atoms with Crippen LogP contribution in [0.4, 0.5) is 21.7 Å². The Morgan fingerprint density at radius 2 is 1.90 bits per heavy atom. The molecular formula is C14H17BrFN5. The van der Waals surface area contributed by atoms with E-state index in [9.17, 15) is 4.39 Å². The summed E-state index contributed by atoms with van der Waals surface area (Å²) in [5.41, 5.74) is 3.60. The van der Waals surface area contributed by atoms with E-state index in [1.807, 2.05) is 20.8 Å². The lowest BCUT2D eigenvalue weighted by Crippen LogP contribution is -2.14. The lowest BCUT2D eigenvalue weighted by Gasteiger charge is -2.16. The van der Waals surface area contributed by atoms with Crippen LogP contribution in [0.1, 0.15) is 31.2 Å². The zero-order valence-corrected chi connectivity index (χ0v) is 13.6. The second-order valence-electron chi connectivity index (χ2n) is 4.92. The molecular weight excluding hydrogens is 337 g/mol. The van der Waals surface area contributed by atoms with E-state index in [-0.39, 0.29) is 11.7 Å². The highest BCUT2D eigenvalue weighted by molar-refractivity contribution is 9.10. The van der Waals surface area contributed by atoms with Crippen molar-refractivity contribution in [3.63, 3.8) is 0 Å². The molecule has 0 aliphatic carbocycles. The monoisotopic (exact) mass is 353 g/mol. The van der Waals surface area contributed by atoms with Crippen LogP contribution in [0.3, 0.4) is 0 Å². The van der Waals surface area contributed by atoms with Crippen molar-refractivity contribution < 1.29 is 4.39 Å². The molecule has 21 heavy (non-hydrogen) atoms. The molecule has 0 saturated heterocycles. The fourth-order valence-corrected chi connectivity index (χ4v) is 2.23. The maximum atomic E-state index is 13.9. The van der Waals surface area contributed by atoms with Crippen molar-refractivity contribution in [3.05, 3.63) is 39.9 Å². The lowest BCUT2D eigenvalue weighted by molar-refractivity contribution is 0.631. The number of nitrogens with zero attached hydrogens (tertiary/aromatic N) is 2. The standard InChI is InChI=1S/C14H17BrFN5/c1-7(2)12-19-13(8(3)14(20-12)21-17)18-11-9(15)5-4-6-10(11)16/h4-7H,17H2,1-3H3,(H2,18,19,20,21). The molecule has 0 bridgehead atoms. The van der Waals surface area contributed by atoms with Gasteiger partial charge < -0.3 is 10.7 Å². The quantitative estimate of drug-likeness (QED) is 0.575. The third-order valence-corrected chi connectivity index (χ3v) is 3.68. The minimum atomic E-state index is -0.365. The van der Waals surface area contributed by atoms with Gasteiger partial charge in [0.2, 0.25) is 0 Å². The largest absolute Gasteiger partial charge is 0.337 e. The Bertz CT molecular complexity index is 640. The Kier molecular flexibility index (Phi) is 4.74. The maximum absolute atomic E-state index is 13.9. The van der Waals surface area contributed by atoms with Crippen LogP contribution >= 0.6 is 15.9 Å². The molecule has 112 valence electrons. The van der Waals surface area contributed by atoms with Gasteiger partial charge in [0.1, 0.15) is 23.3 Å². The molecule has 0 aliphatic rings. The summed E-state index contributed by atoms with van der Waals surface area (Å²) in [7, 11) is 0. The molecule has 0 fully saturated rings. The summed E-state index contributed by atoms with van der Waals surface area (Å²) in [6.07, 6.45) is 0. The number of hydrogen-bond donors (Lipinski definition) is 3. The molecule has 2 rings (SSSR count). The highest BCUT2D eigenvalue weighted by Gasteiger charge is 2.15. The predicted molar refractivity (Wildman–Crippen MR) is 86.1 cm³/mol. The van der Waals surface area contributed by atoms with E-state index in [0.717, 1.165) is 5.56 Å². The Labute approximate surface area is 131 Å². The molecule has 4 N–H and O–H groups in total. The van der Waals surface area contributed by atoms with Crippen molar-refractivity contribution in [1.29, 1.82) is 0 Å². The van der Waals surface area contributed by atoms with Gasteiger partial charge in [-0.3, -0.25) is 0 Å². The number of nitrogen functional groups attached to an aromatic ring is 1. The second kappa shape index (κ2) is 6.36. The molecule has 0 unspecified atom stereocenters. The van der Waals surface area contributed by atoms with Crippen molar-refractivity contribution in [2.24, 2.45) is 5.84 Å². The number of nitrogens with one attached hydrogen (secondary N) is 2. The number of rotatable bonds is 4. The van der Waals surface area contributed by atoms with E-state index in [2.05, 4.69) is 36.6 Å². The molecule has 0 spiro atoms. The third-order valence-electron chi connectivity index (χ3n) is 3.02. The zero-order chi connectivity index (χ0) is 15.6. The van der Waals surface area contributed by atoms with Gasteiger partial charge in [-0.25, -0.2) is 20.2 Å². The highest BCUT2D eigenvalue weighted by Crippen LogP contribution is 2.31. The van der Waals surface area contributed by atoms with Crippen LogP contribution in [0.15, 0.2) is 22.7 Å². The Balaban J connectivity index is 2.51. The van der Waals surface area contributed by atoms with Crippen LogP contribution in [0.2, 0.25) is 0 Å². The molecule has 0 atom stereocenters. The Morgan fingerprint density at radius 1 is 1.24 bits per heavy atom. The number of para-hydroxylation sites is 1. The van der Waals surface area contributed by atoms with Crippen molar-refractivity contribution >= 4 is 33.3 Å². The molecule has 0 amide bonds. The van der Waals surface area contributed by atoms with E-state index in [0.29, 0.717) is 27.6 Å². The van der Waals surface area contributed by atoms with Gasteiger partial charge in [-0.05, 0) is 35.0 Å². The predicted octanol–water partition coefficient (Wildman–Crippen LogP) is 3.84. The topological polar surface area (TPSA) is 75.9 Å². The SMILES string of the molecule is Cc1c(NN)nc(C(C)C)nc1Nc1c(F)cccc1Br. The van der Waals surface area contributed by atoms with Crippen LogP contribution < -0.4 is 16.6 Å². The average molecular weight is 354 g/mol. The summed E-state index contributed by atoms with van der Waals surface area (Å²) < 4.78 is 14.6. The molecule has 1 heterocycles. The smallest absolute Gasteiger partial charge is 0.148 e. The molecule has 1 aromatic carbocycles. The van der Waals surface area contributed by atoms with Crippen LogP contribution in [0.25, 0.3) is 0 Å². The van der Waals surface area contributed by atoms with E-state index in [1.165, 1.54) is 6.07 Å². The fourth-order valence-electron chi connectivity index (χ4n) is 1.79. The van der Waals surface area contributed by atoms with Gasteiger partial charge in [0, 0.05) is 16.0 Å². The summed E-state index contributed by atoms with van der Waals surface area (Å²) in [6, 6.07) is 4.77. The number of aromatic nitrogens is 2. The van der Waals surface area contributed by atoms with E-state index < -0.39 is 0 Å². The number of hydrogen-bond acceptors (Lipinski definition) is 5. The first-order valence-corrected chi connectivity index (χ1v) is 7.29. The summed E-state index contributed by atoms with van der Waals surface area (Å²) in [5.74, 6) is 6.92. The summed E-state index contributed by atoms with van der Waals surface area (Å²) in [6.45, 7) is 5.78. The van der Waals surface area contributed by atoms with Gasteiger partial charge in [-0.2, -0.15) is 0 Å². The average Bonchev–Trinajstić information content (AvgIpc) is 2.44. The molecule has 2 aromatic rings. The summed E-state index contributed by atoms with van der Waals surface area (Å²) in [5, 5.41) is 3.01. The Morgan fingerprint density at radius 3 is 2.48 bits per heavy atom. The molecule has 5 nitrogen and oxygen atoms in total.